The van der Waals surface area contributed by atoms with Crippen LogP contribution in [0, 0.1) is 5.92 Å². The van der Waals surface area contributed by atoms with Gasteiger partial charge < -0.3 is 11.1 Å². The van der Waals surface area contributed by atoms with Crippen LogP contribution in [0.1, 0.15) is 32.6 Å². The predicted molar refractivity (Wildman–Crippen MR) is 48.5 cm³/mol. The van der Waals surface area contributed by atoms with E-state index in [1.807, 2.05) is 0 Å². The smallest absolute Gasteiger partial charge is 0.00700 e. The van der Waals surface area contributed by atoms with E-state index >= 15 is 0 Å². The minimum Gasteiger partial charge on any atom is -0.330 e. The second kappa shape index (κ2) is 4.73. The first-order chi connectivity index (χ1) is 5.36. The lowest BCUT2D eigenvalue weighted by atomic mass is 9.90. The Balaban J connectivity index is 2.21. The van der Waals surface area contributed by atoms with Crippen molar-refractivity contribution in [3.05, 3.63) is 0 Å². The van der Waals surface area contributed by atoms with Gasteiger partial charge in [0, 0.05) is 6.04 Å². The summed E-state index contributed by atoms with van der Waals surface area (Å²) >= 11 is 0. The van der Waals surface area contributed by atoms with Crippen LogP contribution in [0.2, 0.25) is 0 Å². The molecule has 0 aromatic heterocycles. The van der Waals surface area contributed by atoms with E-state index in [-0.39, 0.29) is 0 Å². The topological polar surface area (TPSA) is 38.0 Å². The van der Waals surface area contributed by atoms with Gasteiger partial charge in [-0.15, -0.1) is 0 Å². The summed E-state index contributed by atoms with van der Waals surface area (Å²) in [7, 11) is 0. The van der Waals surface area contributed by atoms with Crippen molar-refractivity contribution in [1.82, 2.24) is 5.32 Å². The quantitative estimate of drug-likeness (QED) is 0.642. The van der Waals surface area contributed by atoms with Crippen molar-refractivity contribution in [1.29, 1.82) is 0 Å². The van der Waals surface area contributed by atoms with Crippen LogP contribution < -0.4 is 11.1 Å². The highest BCUT2D eigenvalue weighted by atomic mass is 14.9. The van der Waals surface area contributed by atoms with Crippen molar-refractivity contribution < 1.29 is 0 Å². The first-order valence-corrected chi connectivity index (χ1v) is 4.80. The van der Waals surface area contributed by atoms with Gasteiger partial charge in [0.1, 0.15) is 0 Å². The molecule has 1 rings (SSSR count). The Labute approximate surface area is 69.5 Å². The van der Waals surface area contributed by atoms with Gasteiger partial charge in [-0.2, -0.15) is 0 Å². The van der Waals surface area contributed by atoms with Gasteiger partial charge in [0.2, 0.25) is 0 Å². The number of hydrogen-bond acceptors (Lipinski definition) is 2. The average Bonchev–Trinajstić information content (AvgIpc) is 2.06. The molecule has 3 N–H and O–H groups in total. The number of rotatable bonds is 3. The molecule has 2 nitrogen and oxygen atoms in total. The molecule has 2 unspecified atom stereocenters. The zero-order valence-electron chi connectivity index (χ0n) is 7.47. The zero-order chi connectivity index (χ0) is 8.10. The third-order valence-corrected chi connectivity index (χ3v) is 2.57. The average molecular weight is 156 g/mol. The lowest BCUT2D eigenvalue weighted by molar-refractivity contribution is 0.295. The molecule has 2 atom stereocenters. The molecular formula is C9H20N2. The number of piperidine rings is 1. The van der Waals surface area contributed by atoms with E-state index in [1.54, 1.807) is 0 Å². The summed E-state index contributed by atoms with van der Waals surface area (Å²) in [6.45, 7) is 4.29. The van der Waals surface area contributed by atoms with Crippen molar-refractivity contribution in [2.75, 3.05) is 13.1 Å². The van der Waals surface area contributed by atoms with E-state index in [4.69, 9.17) is 5.73 Å². The predicted octanol–water partition coefficient (Wildman–Crippen LogP) is 1.11. The monoisotopic (exact) mass is 156 g/mol. The summed E-state index contributed by atoms with van der Waals surface area (Å²) < 4.78 is 0. The third-order valence-electron chi connectivity index (χ3n) is 2.57. The lowest BCUT2D eigenvalue weighted by Crippen LogP contribution is -2.40. The summed E-state index contributed by atoms with van der Waals surface area (Å²) in [4.78, 5) is 0. The van der Waals surface area contributed by atoms with Crippen LogP contribution >= 0.6 is 0 Å². The van der Waals surface area contributed by atoms with Crippen molar-refractivity contribution in [3.63, 3.8) is 0 Å². The molecule has 0 bridgehead atoms. The summed E-state index contributed by atoms with van der Waals surface area (Å²) in [6, 6.07) is 0.752. The Morgan fingerprint density at radius 2 is 2.36 bits per heavy atom. The maximum atomic E-state index is 5.63. The van der Waals surface area contributed by atoms with E-state index in [2.05, 4.69) is 12.2 Å². The van der Waals surface area contributed by atoms with Gasteiger partial charge in [0.15, 0.2) is 0 Å². The van der Waals surface area contributed by atoms with E-state index < -0.39 is 0 Å². The summed E-state index contributed by atoms with van der Waals surface area (Å²) in [5.41, 5.74) is 5.63. The van der Waals surface area contributed by atoms with E-state index in [0.717, 1.165) is 18.5 Å². The normalized spacial score (nSPS) is 32.2. The van der Waals surface area contributed by atoms with Crippen LogP contribution in [0.3, 0.4) is 0 Å². The van der Waals surface area contributed by atoms with Crippen molar-refractivity contribution >= 4 is 0 Å². The van der Waals surface area contributed by atoms with Crippen LogP contribution in [0.25, 0.3) is 0 Å². The fourth-order valence-corrected chi connectivity index (χ4v) is 1.88. The molecule has 1 fully saturated rings. The molecule has 0 saturated carbocycles. The van der Waals surface area contributed by atoms with Gasteiger partial charge in [-0.3, -0.25) is 0 Å². The lowest BCUT2D eigenvalue weighted by Gasteiger charge is -2.29. The van der Waals surface area contributed by atoms with Gasteiger partial charge in [-0.25, -0.2) is 0 Å². The van der Waals surface area contributed by atoms with Gasteiger partial charge in [0.05, 0.1) is 0 Å². The van der Waals surface area contributed by atoms with Gasteiger partial charge in [0.25, 0.3) is 0 Å². The summed E-state index contributed by atoms with van der Waals surface area (Å²) in [6.07, 6.45) is 5.17. The first-order valence-electron chi connectivity index (χ1n) is 4.80. The Kier molecular flexibility index (Phi) is 3.87. The molecular weight excluding hydrogens is 136 g/mol. The minimum absolute atomic E-state index is 0.752. The third kappa shape index (κ3) is 2.80. The molecule has 1 heterocycles. The molecule has 1 saturated heterocycles. The van der Waals surface area contributed by atoms with E-state index in [1.165, 1.54) is 32.2 Å². The Morgan fingerprint density at radius 3 is 3.00 bits per heavy atom. The van der Waals surface area contributed by atoms with Crippen molar-refractivity contribution in [3.8, 4) is 0 Å². The highest BCUT2D eigenvalue weighted by molar-refractivity contribution is 4.78. The fourth-order valence-electron chi connectivity index (χ4n) is 1.88. The molecule has 0 spiro atoms. The molecule has 0 aliphatic carbocycles. The summed E-state index contributed by atoms with van der Waals surface area (Å²) in [5, 5.41) is 3.53. The first kappa shape index (κ1) is 9.01. The second-order valence-corrected chi connectivity index (χ2v) is 3.57. The highest BCUT2D eigenvalue weighted by Crippen LogP contribution is 2.17. The number of nitrogens with one attached hydrogen (secondary N) is 1. The highest BCUT2D eigenvalue weighted by Gasteiger charge is 2.18. The maximum Gasteiger partial charge on any atom is 0.00700 e. The van der Waals surface area contributed by atoms with E-state index in [0.29, 0.717) is 0 Å². The van der Waals surface area contributed by atoms with Crippen LogP contribution in [0.15, 0.2) is 0 Å². The standard InChI is InChI=1S/C9H20N2/c1-2-3-9-6-8(7-10)4-5-11-9/h8-9,11H,2-7,10H2,1H3. The van der Waals surface area contributed by atoms with Crippen LogP contribution in [0.5, 0.6) is 0 Å². The molecule has 0 radical (unpaired) electrons. The van der Waals surface area contributed by atoms with Crippen LogP contribution in [-0.4, -0.2) is 19.1 Å². The zero-order valence-corrected chi connectivity index (χ0v) is 7.47. The number of nitrogens with two attached hydrogens (primary N) is 1. The fraction of sp³-hybridized carbons (Fsp3) is 1.00. The van der Waals surface area contributed by atoms with E-state index in [9.17, 15) is 0 Å². The van der Waals surface area contributed by atoms with Gasteiger partial charge in [-0.1, -0.05) is 13.3 Å². The molecule has 1 aliphatic rings. The van der Waals surface area contributed by atoms with Crippen LogP contribution in [-0.2, 0) is 0 Å². The van der Waals surface area contributed by atoms with Gasteiger partial charge >= 0.3 is 0 Å². The molecule has 1 aliphatic heterocycles. The second-order valence-electron chi connectivity index (χ2n) is 3.57. The Hall–Kier alpha value is -0.0800. The largest absolute Gasteiger partial charge is 0.330 e. The maximum absolute atomic E-state index is 5.63. The van der Waals surface area contributed by atoms with Crippen molar-refractivity contribution in [2.45, 2.75) is 38.6 Å². The minimum atomic E-state index is 0.752. The number of hydrogen-bond donors (Lipinski definition) is 2. The summed E-state index contributed by atoms with van der Waals surface area (Å²) in [5.74, 6) is 0.785. The molecule has 0 aromatic rings. The van der Waals surface area contributed by atoms with Crippen molar-refractivity contribution in [2.24, 2.45) is 11.7 Å². The van der Waals surface area contributed by atoms with Crippen LogP contribution in [0.4, 0.5) is 0 Å². The molecule has 66 valence electrons. The molecule has 2 heteroatoms. The Bertz CT molecular complexity index is 102. The SMILES string of the molecule is CCCC1CC(CN)CCN1. The Morgan fingerprint density at radius 1 is 1.55 bits per heavy atom. The molecule has 11 heavy (non-hydrogen) atoms. The van der Waals surface area contributed by atoms with Gasteiger partial charge in [-0.05, 0) is 38.3 Å². The molecule has 0 aromatic carbocycles. The molecule has 0 amide bonds.